The first kappa shape index (κ1) is 17.7. The number of amides is 1. The van der Waals surface area contributed by atoms with E-state index >= 15 is 0 Å². The minimum Gasteiger partial charge on any atom is -0.480 e. The number of aryl methyl sites for hydroxylation is 2. The number of aliphatic carboxylic acids is 1. The van der Waals surface area contributed by atoms with Gasteiger partial charge in [-0.05, 0) is 37.6 Å². The molecular formula is C20H21N3O3. The summed E-state index contributed by atoms with van der Waals surface area (Å²) in [6.45, 7) is 4.66. The summed E-state index contributed by atoms with van der Waals surface area (Å²) in [6, 6.07) is 14.7. The van der Waals surface area contributed by atoms with Gasteiger partial charge in [0, 0.05) is 18.7 Å². The highest BCUT2D eigenvalue weighted by molar-refractivity contribution is 5.98. The van der Waals surface area contributed by atoms with Crippen LogP contribution in [0.1, 0.15) is 28.7 Å². The molecule has 0 atom stereocenters. The predicted octanol–water partition coefficient (Wildman–Crippen LogP) is 3.09. The van der Waals surface area contributed by atoms with Crippen molar-refractivity contribution in [2.45, 2.75) is 26.9 Å². The summed E-state index contributed by atoms with van der Waals surface area (Å²) in [7, 11) is 0. The smallest absolute Gasteiger partial charge is 0.323 e. The van der Waals surface area contributed by atoms with Gasteiger partial charge in [0.25, 0.3) is 5.91 Å². The second-order valence-electron chi connectivity index (χ2n) is 6.15. The molecule has 1 heterocycles. The number of rotatable bonds is 6. The summed E-state index contributed by atoms with van der Waals surface area (Å²) in [4.78, 5) is 30.0. The van der Waals surface area contributed by atoms with E-state index in [2.05, 4.69) is 9.55 Å². The van der Waals surface area contributed by atoms with Crippen LogP contribution < -0.4 is 0 Å². The number of hydrogen-bond donors (Lipinski definition) is 1. The summed E-state index contributed by atoms with van der Waals surface area (Å²) < 4.78 is 2.07. The van der Waals surface area contributed by atoms with Crippen molar-refractivity contribution in [2.24, 2.45) is 0 Å². The second kappa shape index (κ2) is 7.39. The molecule has 1 amide bonds. The fraction of sp³-hybridized carbons (Fsp3) is 0.250. The fourth-order valence-electron chi connectivity index (χ4n) is 3.13. The third kappa shape index (κ3) is 3.59. The van der Waals surface area contributed by atoms with Crippen LogP contribution in [-0.2, 0) is 17.9 Å². The molecule has 0 aliphatic rings. The summed E-state index contributed by atoms with van der Waals surface area (Å²) in [5.41, 5.74) is 3.03. The van der Waals surface area contributed by atoms with Gasteiger partial charge in [0.05, 0.1) is 11.0 Å². The second-order valence-corrected chi connectivity index (χ2v) is 6.15. The average molecular weight is 351 g/mol. The van der Waals surface area contributed by atoms with Crippen LogP contribution in [0.15, 0.2) is 48.5 Å². The average Bonchev–Trinajstić information content (AvgIpc) is 2.95. The minimum absolute atomic E-state index is 0.242. The van der Waals surface area contributed by atoms with Crippen molar-refractivity contribution >= 4 is 22.9 Å². The number of fused-ring (bicyclic) bond motifs is 1. The first-order valence-corrected chi connectivity index (χ1v) is 8.51. The summed E-state index contributed by atoms with van der Waals surface area (Å²) in [5, 5.41) is 9.19. The van der Waals surface area contributed by atoms with Crippen molar-refractivity contribution in [1.29, 1.82) is 0 Å². The molecule has 0 aliphatic carbocycles. The van der Waals surface area contributed by atoms with E-state index in [-0.39, 0.29) is 19.0 Å². The largest absolute Gasteiger partial charge is 0.480 e. The number of carbonyl (C=O) groups is 2. The van der Waals surface area contributed by atoms with E-state index in [0.29, 0.717) is 5.56 Å². The molecule has 134 valence electrons. The number of imidazole rings is 1. The van der Waals surface area contributed by atoms with Gasteiger partial charge in [-0.15, -0.1) is 0 Å². The highest BCUT2D eigenvalue weighted by atomic mass is 16.4. The zero-order chi connectivity index (χ0) is 18.7. The SMILES string of the molecule is CCn1c(C)nc2cc(C(=O)N(CC(=O)O)Cc3ccccc3)ccc21. The Balaban J connectivity index is 1.92. The van der Waals surface area contributed by atoms with Gasteiger partial charge in [-0.1, -0.05) is 30.3 Å². The molecule has 1 aromatic heterocycles. The van der Waals surface area contributed by atoms with E-state index in [1.807, 2.05) is 50.2 Å². The number of aromatic nitrogens is 2. The lowest BCUT2D eigenvalue weighted by Crippen LogP contribution is -2.35. The summed E-state index contributed by atoms with van der Waals surface area (Å²) >= 11 is 0. The lowest BCUT2D eigenvalue weighted by Gasteiger charge is -2.21. The van der Waals surface area contributed by atoms with Gasteiger partial charge in [0.15, 0.2) is 0 Å². The molecule has 3 aromatic rings. The van der Waals surface area contributed by atoms with Gasteiger partial charge in [-0.2, -0.15) is 0 Å². The third-order valence-electron chi connectivity index (χ3n) is 4.33. The molecule has 6 nitrogen and oxygen atoms in total. The first-order chi connectivity index (χ1) is 12.5. The number of hydrogen-bond acceptors (Lipinski definition) is 3. The zero-order valence-electron chi connectivity index (χ0n) is 14.8. The maximum Gasteiger partial charge on any atom is 0.323 e. The van der Waals surface area contributed by atoms with Crippen molar-refractivity contribution in [3.63, 3.8) is 0 Å². The molecule has 3 rings (SSSR count). The zero-order valence-corrected chi connectivity index (χ0v) is 14.8. The molecule has 0 unspecified atom stereocenters. The fourth-order valence-corrected chi connectivity index (χ4v) is 3.13. The van der Waals surface area contributed by atoms with Gasteiger partial charge in [0.1, 0.15) is 12.4 Å². The van der Waals surface area contributed by atoms with Gasteiger partial charge in [0.2, 0.25) is 0 Å². The standard InChI is InChI=1S/C20H21N3O3/c1-3-23-14(2)21-17-11-16(9-10-18(17)23)20(26)22(13-19(24)25)12-15-7-5-4-6-8-15/h4-11H,3,12-13H2,1-2H3,(H,24,25). The van der Waals surface area contributed by atoms with E-state index in [1.165, 1.54) is 4.90 Å². The minimum atomic E-state index is -1.04. The maximum atomic E-state index is 12.9. The Bertz CT molecular complexity index is 948. The van der Waals surface area contributed by atoms with E-state index in [4.69, 9.17) is 0 Å². The van der Waals surface area contributed by atoms with Crippen LogP contribution in [0.4, 0.5) is 0 Å². The van der Waals surface area contributed by atoms with Crippen LogP contribution in [-0.4, -0.2) is 38.0 Å². The van der Waals surface area contributed by atoms with Crippen molar-refractivity contribution in [3.8, 4) is 0 Å². The van der Waals surface area contributed by atoms with E-state index in [9.17, 15) is 14.7 Å². The molecule has 0 fully saturated rings. The molecule has 0 aliphatic heterocycles. The maximum absolute atomic E-state index is 12.9. The number of carboxylic acids is 1. The summed E-state index contributed by atoms with van der Waals surface area (Å²) in [5.74, 6) is -0.470. The number of carboxylic acid groups (broad SMARTS) is 1. The molecule has 26 heavy (non-hydrogen) atoms. The van der Waals surface area contributed by atoms with Crippen LogP contribution in [0.3, 0.4) is 0 Å². The number of benzene rings is 2. The highest BCUT2D eigenvalue weighted by Gasteiger charge is 2.20. The van der Waals surface area contributed by atoms with Gasteiger partial charge < -0.3 is 14.6 Å². The predicted molar refractivity (Wildman–Crippen MR) is 99.0 cm³/mol. The van der Waals surface area contributed by atoms with Crippen LogP contribution in [0.5, 0.6) is 0 Å². The van der Waals surface area contributed by atoms with Crippen molar-refractivity contribution in [1.82, 2.24) is 14.5 Å². The molecule has 0 bridgehead atoms. The Morgan fingerprint density at radius 2 is 1.88 bits per heavy atom. The van der Waals surface area contributed by atoms with Crippen molar-refractivity contribution in [3.05, 3.63) is 65.5 Å². The lowest BCUT2D eigenvalue weighted by atomic mass is 10.1. The van der Waals surface area contributed by atoms with Crippen LogP contribution >= 0.6 is 0 Å². The number of nitrogens with zero attached hydrogens (tertiary/aromatic N) is 3. The monoisotopic (exact) mass is 351 g/mol. The molecule has 0 saturated carbocycles. The normalized spacial score (nSPS) is 10.8. The Morgan fingerprint density at radius 1 is 1.15 bits per heavy atom. The first-order valence-electron chi connectivity index (χ1n) is 8.51. The van der Waals surface area contributed by atoms with Gasteiger partial charge in [-0.25, -0.2) is 4.98 Å². The Hall–Kier alpha value is -3.15. The van der Waals surface area contributed by atoms with Crippen molar-refractivity contribution < 1.29 is 14.7 Å². The number of carbonyl (C=O) groups excluding carboxylic acids is 1. The van der Waals surface area contributed by atoms with E-state index in [0.717, 1.165) is 29.0 Å². The Labute approximate surface area is 151 Å². The Morgan fingerprint density at radius 3 is 2.54 bits per heavy atom. The molecule has 0 saturated heterocycles. The molecule has 0 radical (unpaired) electrons. The van der Waals surface area contributed by atoms with E-state index in [1.54, 1.807) is 12.1 Å². The van der Waals surface area contributed by atoms with Crippen LogP contribution in [0.25, 0.3) is 11.0 Å². The molecular weight excluding hydrogens is 330 g/mol. The summed E-state index contributed by atoms with van der Waals surface area (Å²) in [6.07, 6.45) is 0. The van der Waals surface area contributed by atoms with Gasteiger partial charge in [-0.3, -0.25) is 9.59 Å². The van der Waals surface area contributed by atoms with Crippen LogP contribution in [0.2, 0.25) is 0 Å². The van der Waals surface area contributed by atoms with E-state index < -0.39 is 5.97 Å². The molecule has 2 aromatic carbocycles. The van der Waals surface area contributed by atoms with Crippen LogP contribution in [0, 0.1) is 6.92 Å². The quantitative estimate of drug-likeness (QED) is 0.740. The van der Waals surface area contributed by atoms with Crippen molar-refractivity contribution in [2.75, 3.05) is 6.54 Å². The molecule has 1 N–H and O–H groups in total. The Kier molecular flexibility index (Phi) is 5.02. The topological polar surface area (TPSA) is 75.4 Å². The van der Waals surface area contributed by atoms with Gasteiger partial charge >= 0.3 is 5.97 Å². The highest BCUT2D eigenvalue weighted by Crippen LogP contribution is 2.19. The molecule has 0 spiro atoms. The third-order valence-corrected chi connectivity index (χ3v) is 4.33. The molecule has 6 heteroatoms. The lowest BCUT2D eigenvalue weighted by molar-refractivity contribution is -0.137.